The lowest BCUT2D eigenvalue weighted by molar-refractivity contribution is 0.0460. The van der Waals surface area contributed by atoms with Gasteiger partial charge in [0.1, 0.15) is 5.60 Å². The topological polar surface area (TPSA) is 76.4 Å². The second-order valence-electron chi connectivity index (χ2n) is 7.71. The first-order chi connectivity index (χ1) is 10.4. The van der Waals surface area contributed by atoms with E-state index in [1.807, 2.05) is 40.7 Å². The summed E-state index contributed by atoms with van der Waals surface area (Å²) in [6, 6.07) is 0. The van der Waals surface area contributed by atoms with E-state index in [1.165, 1.54) is 0 Å². The van der Waals surface area contributed by atoms with Crippen LogP contribution < -0.4 is 16.4 Å². The van der Waals surface area contributed by atoms with Crippen molar-refractivity contribution in [1.82, 2.24) is 10.6 Å². The summed E-state index contributed by atoms with van der Waals surface area (Å²) in [4.78, 5) is 12.0. The Bertz CT molecular complexity index is 518. The maximum Gasteiger partial charge on any atom is 0.408 e. The summed E-state index contributed by atoms with van der Waals surface area (Å²) >= 11 is 4.85. The van der Waals surface area contributed by atoms with Gasteiger partial charge in [-0.2, -0.15) is 0 Å². The molecule has 0 heterocycles. The summed E-state index contributed by atoms with van der Waals surface area (Å²) in [5.74, 6) is 0.633. The molecule has 0 aromatic heterocycles. The van der Waals surface area contributed by atoms with E-state index in [0.29, 0.717) is 11.8 Å². The number of carbonyl (C=O) groups excluding carboxylic acids is 1. The van der Waals surface area contributed by atoms with Crippen LogP contribution in [0.1, 0.15) is 48.0 Å². The van der Waals surface area contributed by atoms with Crippen LogP contribution >= 0.6 is 12.2 Å². The van der Waals surface area contributed by atoms with Crippen LogP contribution in [0.4, 0.5) is 4.79 Å². The number of nitrogens with one attached hydrogen (secondary N) is 2. The van der Waals surface area contributed by atoms with E-state index in [-0.39, 0.29) is 16.7 Å². The van der Waals surface area contributed by atoms with Gasteiger partial charge in [-0.15, -0.1) is 0 Å². The van der Waals surface area contributed by atoms with Crippen molar-refractivity contribution < 1.29 is 9.53 Å². The van der Waals surface area contributed by atoms with E-state index in [1.54, 1.807) is 0 Å². The second kappa shape index (κ2) is 7.34. The highest BCUT2D eigenvalue weighted by Crippen LogP contribution is 2.29. The number of hydrogen-bond donors (Lipinski definition) is 3. The lowest BCUT2D eigenvalue weighted by Crippen LogP contribution is -2.47. The number of rotatable bonds is 4. The van der Waals surface area contributed by atoms with Crippen molar-refractivity contribution in [1.29, 1.82) is 0 Å². The fraction of sp³-hybridized carbons (Fsp3) is 0.647. The van der Waals surface area contributed by atoms with Crippen molar-refractivity contribution in [3.05, 3.63) is 23.9 Å². The molecule has 1 rings (SSSR count). The lowest BCUT2D eigenvalue weighted by atomic mass is 9.80. The summed E-state index contributed by atoms with van der Waals surface area (Å²) in [5.41, 5.74) is 5.55. The highest BCUT2D eigenvalue weighted by molar-refractivity contribution is 7.80. The van der Waals surface area contributed by atoms with E-state index < -0.39 is 5.60 Å². The van der Waals surface area contributed by atoms with Crippen LogP contribution in [0.25, 0.3) is 0 Å². The first kappa shape index (κ1) is 19.5. The minimum Gasteiger partial charge on any atom is -0.444 e. The SMILES string of the molecule is CC1C=C(NC(N)=S)C=CC1CC(C)(C)NC(=O)OC(C)(C)C. The quantitative estimate of drug-likeness (QED) is 0.686. The molecule has 0 bridgehead atoms. The Morgan fingerprint density at radius 1 is 1.35 bits per heavy atom. The number of allylic oxidation sites excluding steroid dienone is 3. The molecular formula is C17H29N3O2S. The van der Waals surface area contributed by atoms with E-state index in [4.69, 9.17) is 22.7 Å². The average Bonchev–Trinajstić information content (AvgIpc) is 2.28. The first-order valence-corrected chi connectivity index (χ1v) is 8.26. The van der Waals surface area contributed by atoms with Gasteiger partial charge in [-0.05, 0) is 71.2 Å². The van der Waals surface area contributed by atoms with Crippen LogP contribution in [-0.4, -0.2) is 22.3 Å². The predicted molar refractivity (Wildman–Crippen MR) is 97.9 cm³/mol. The smallest absolute Gasteiger partial charge is 0.408 e. The van der Waals surface area contributed by atoms with E-state index in [0.717, 1.165) is 12.1 Å². The molecule has 130 valence electrons. The number of alkyl carbamates (subject to hydrolysis) is 1. The fourth-order valence-corrected chi connectivity index (χ4v) is 2.68. The second-order valence-corrected chi connectivity index (χ2v) is 8.15. The highest BCUT2D eigenvalue weighted by atomic mass is 32.1. The molecule has 2 atom stereocenters. The van der Waals surface area contributed by atoms with Crippen LogP contribution in [0.3, 0.4) is 0 Å². The van der Waals surface area contributed by atoms with Crippen molar-refractivity contribution >= 4 is 23.4 Å². The molecule has 0 aliphatic heterocycles. The largest absolute Gasteiger partial charge is 0.444 e. The monoisotopic (exact) mass is 339 g/mol. The van der Waals surface area contributed by atoms with Crippen molar-refractivity contribution in [3.8, 4) is 0 Å². The van der Waals surface area contributed by atoms with Crippen LogP contribution in [-0.2, 0) is 4.74 Å². The summed E-state index contributed by atoms with van der Waals surface area (Å²) < 4.78 is 5.33. The van der Waals surface area contributed by atoms with Crippen molar-refractivity contribution in [2.75, 3.05) is 0 Å². The van der Waals surface area contributed by atoms with Gasteiger partial charge in [0.15, 0.2) is 5.11 Å². The van der Waals surface area contributed by atoms with Crippen LogP contribution in [0, 0.1) is 11.8 Å². The molecule has 0 aromatic rings. The van der Waals surface area contributed by atoms with E-state index >= 15 is 0 Å². The third-order valence-corrected chi connectivity index (χ3v) is 3.60. The zero-order valence-corrected chi connectivity index (χ0v) is 15.7. The average molecular weight is 340 g/mol. The summed E-state index contributed by atoms with van der Waals surface area (Å²) in [7, 11) is 0. The Morgan fingerprint density at radius 3 is 2.43 bits per heavy atom. The van der Waals surface area contributed by atoms with Gasteiger partial charge < -0.3 is 21.1 Å². The van der Waals surface area contributed by atoms with Crippen LogP contribution in [0.15, 0.2) is 23.9 Å². The Kier molecular flexibility index (Phi) is 6.22. The molecular weight excluding hydrogens is 310 g/mol. The van der Waals surface area contributed by atoms with Crippen LogP contribution in [0.5, 0.6) is 0 Å². The van der Waals surface area contributed by atoms with Gasteiger partial charge in [0.05, 0.1) is 0 Å². The predicted octanol–water partition coefficient (Wildman–Crippen LogP) is 3.22. The zero-order chi connectivity index (χ0) is 17.8. The molecule has 6 heteroatoms. The molecule has 0 fully saturated rings. The zero-order valence-electron chi connectivity index (χ0n) is 14.9. The normalized spacial score (nSPS) is 21.4. The standard InChI is InChI=1S/C17H29N3O2S/c1-11-9-13(19-14(18)23)8-7-12(11)10-17(5,6)20-15(21)22-16(2,3)4/h7-9,11-12H,10H2,1-6H3,(H,20,21)(H3,18,19,23). The molecule has 1 aliphatic rings. The third kappa shape index (κ3) is 7.50. The minimum atomic E-state index is -0.498. The van der Waals surface area contributed by atoms with Gasteiger partial charge in [-0.1, -0.05) is 19.1 Å². The molecule has 1 aliphatic carbocycles. The van der Waals surface area contributed by atoms with Gasteiger partial charge >= 0.3 is 6.09 Å². The first-order valence-electron chi connectivity index (χ1n) is 7.86. The Balaban J connectivity index is 2.62. The number of nitrogens with two attached hydrogens (primary N) is 1. The molecule has 23 heavy (non-hydrogen) atoms. The number of ether oxygens (including phenoxy) is 1. The van der Waals surface area contributed by atoms with Gasteiger partial charge in [0, 0.05) is 11.2 Å². The molecule has 0 radical (unpaired) electrons. The number of thiocarbonyl (C=S) groups is 1. The number of amides is 1. The molecule has 0 saturated heterocycles. The molecule has 0 saturated carbocycles. The number of hydrogen-bond acceptors (Lipinski definition) is 3. The lowest BCUT2D eigenvalue weighted by Gasteiger charge is -2.33. The summed E-state index contributed by atoms with van der Waals surface area (Å²) in [6.45, 7) is 11.7. The molecule has 4 N–H and O–H groups in total. The summed E-state index contributed by atoms with van der Waals surface area (Å²) in [6.07, 6.45) is 6.63. The molecule has 0 aromatic carbocycles. The Hall–Kier alpha value is -1.56. The van der Waals surface area contributed by atoms with Crippen molar-refractivity contribution in [2.24, 2.45) is 17.6 Å². The van der Waals surface area contributed by atoms with E-state index in [9.17, 15) is 4.79 Å². The molecule has 0 spiro atoms. The Morgan fingerprint density at radius 2 is 1.96 bits per heavy atom. The third-order valence-electron chi connectivity index (χ3n) is 3.49. The number of carbonyl (C=O) groups is 1. The maximum absolute atomic E-state index is 12.0. The van der Waals surface area contributed by atoms with Gasteiger partial charge in [-0.3, -0.25) is 0 Å². The van der Waals surface area contributed by atoms with Crippen molar-refractivity contribution in [2.45, 2.75) is 59.1 Å². The van der Waals surface area contributed by atoms with Gasteiger partial charge in [-0.25, -0.2) is 4.79 Å². The maximum atomic E-state index is 12.0. The summed E-state index contributed by atoms with van der Waals surface area (Å²) in [5, 5.41) is 6.16. The Labute approximate surface area is 144 Å². The fourth-order valence-electron chi connectivity index (χ4n) is 2.56. The molecule has 5 nitrogen and oxygen atoms in total. The van der Waals surface area contributed by atoms with Crippen molar-refractivity contribution in [3.63, 3.8) is 0 Å². The van der Waals surface area contributed by atoms with Crippen LogP contribution in [0.2, 0.25) is 0 Å². The van der Waals surface area contributed by atoms with Gasteiger partial charge in [0.25, 0.3) is 0 Å². The van der Waals surface area contributed by atoms with E-state index in [2.05, 4.69) is 29.7 Å². The van der Waals surface area contributed by atoms with Gasteiger partial charge in [0.2, 0.25) is 0 Å². The molecule has 2 unspecified atom stereocenters. The highest BCUT2D eigenvalue weighted by Gasteiger charge is 2.29. The molecule has 1 amide bonds. The minimum absolute atomic E-state index is 0.262.